The van der Waals surface area contributed by atoms with Crippen molar-refractivity contribution in [1.82, 2.24) is 9.55 Å². The minimum atomic E-state index is -1.28. The minimum Gasteiger partial charge on any atom is -0.493 e. The third-order valence-corrected chi connectivity index (χ3v) is 7.30. The van der Waals surface area contributed by atoms with Crippen LogP contribution in [0.1, 0.15) is 54.8 Å². The number of carbonyl (C=O) groups is 1. The largest absolute Gasteiger partial charge is 0.493 e. The van der Waals surface area contributed by atoms with Crippen LogP contribution in [0.2, 0.25) is 5.02 Å². The molecule has 0 bridgehead atoms. The quantitative estimate of drug-likeness (QED) is 0.317. The number of aromatic nitrogens is 2. The number of rotatable bonds is 7. The van der Waals surface area contributed by atoms with Crippen LogP contribution in [-0.2, 0) is 23.9 Å². The first-order valence-electron chi connectivity index (χ1n) is 12.8. The SMILES string of the molecule is COc1cc2c(cc1OC(C)C)C(c1ccc(Cl)cc1)N(c1ccc([C@](C)(O)c3cn(C)cn3)cc1)C(=O)C2. The summed E-state index contributed by atoms with van der Waals surface area (Å²) < 4.78 is 13.5. The minimum absolute atomic E-state index is 0.0494. The number of aliphatic hydroxyl groups is 1. The Kier molecular flexibility index (Phi) is 7.14. The maximum absolute atomic E-state index is 13.7. The van der Waals surface area contributed by atoms with Crippen molar-refractivity contribution in [2.75, 3.05) is 12.0 Å². The summed E-state index contributed by atoms with van der Waals surface area (Å²) in [6.07, 6.45) is 3.61. The van der Waals surface area contributed by atoms with Crippen LogP contribution in [0.3, 0.4) is 0 Å². The summed E-state index contributed by atoms with van der Waals surface area (Å²) in [6, 6.07) is 18.4. The van der Waals surface area contributed by atoms with Gasteiger partial charge in [-0.1, -0.05) is 35.9 Å². The number of methoxy groups -OCH3 is 1. The topological polar surface area (TPSA) is 76.8 Å². The third-order valence-electron chi connectivity index (χ3n) is 7.05. The second-order valence-corrected chi connectivity index (χ2v) is 10.7. The summed E-state index contributed by atoms with van der Waals surface area (Å²) in [6.45, 7) is 5.65. The van der Waals surface area contributed by atoms with Gasteiger partial charge in [-0.3, -0.25) is 4.79 Å². The average molecular weight is 546 g/mol. The number of hydrogen-bond donors (Lipinski definition) is 1. The van der Waals surface area contributed by atoms with E-state index in [0.717, 1.165) is 16.7 Å². The second kappa shape index (κ2) is 10.4. The molecule has 1 aliphatic rings. The number of benzene rings is 3. The van der Waals surface area contributed by atoms with Crippen molar-refractivity contribution >= 4 is 23.2 Å². The molecule has 2 atom stereocenters. The lowest BCUT2D eigenvalue weighted by Gasteiger charge is -2.38. The Morgan fingerprint density at radius 2 is 1.77 bits per heavy atom. The van der Waals surface area contributed by atoms with Gasteiger partial charge in [-0.25, -0.2) is 4.98 Å². The molecule has 1 unspecified atom stereocenters. The van der Waals surface area contributed by atoms with E-state index < -0.39 is 11.6 Å². The van der Waals surface area contributed by atoms with Crippen molar-refractivity contribution in [3.8, 4) is 11.5 Å². The molecular weight excluding hydrogens is 514 g/mol. The van der Waals surface area contributed by atoms with Crippen molar-refractivity contribution in [3.63, 3.8) is 0 Å². The zero-order valence-corrected chi connectivity index (χ0v) is 23.4. The Bertz CT molecular complexity index is 1490. The first-order chi connectivity index (χ1) is 18.6. The Labute approximate surface area is 233 Å². The molecule has 0 aliphatic carbocycles. The van der Waals surface area contributed by atoms with Gasteiger partial charge in [-0.05, 0) is 79.4 Å². The number of imidazole rings is 1. The van der Waals surface area contributed by atoms with Gasteiger partial charge < -0.3 is 24.0 Å². The Balaban J connectivity index is 1.61. The molecule has 2 heterocycles. The molecule has 1 amide bonds. The highest BCUT2D eigenvalue weighted by atomic mass is 35.5. The summed E-state index contributed by atoms with van der Waals surface area (Å²) >= 11 is 6.22. The highest BCUT2D eigenvalue weighted by Gasteiger charge is 2.36. The van der Waals surface area contributed by atoms with Crippen molar-refractivity contribution < 1.29 is 19.4 Å². The molecule has 1 N–H and O–H groups in total. The van der Waals surface area contributed by atoms with Gasteiger partial charge in [0.1, 0.15) is 5.60 Å². The summed E-state index contributed by atoms with van der Waals surface area (Å²) in [5.41, 5.74) is 3.42. The molecule has 0 saturated carbocycles. The van der Waals surface area contributed by atoms with Crippen molar-refractivity contribution in [3.05, 3.63) is 106 Å². The molecule has 0 saturated heterocycles. The smallest absolute Gasteiger partial charge is 0.232 e. The maximum Gasteiger partial charge on any atom is 0.232 e. The van der Waals surface area contributed by atoms with Gasteiger partial charge >= 0.3 is 0 Å². The van der Waals surface area contributed by atoms with Crippen LogP contribution < -0.4 is 14.4 Å². The van der Waals surface area contributed by atoms with Crippen LogP contribution in [-0.4, -0.2) is 33.8 Å². The summed E-state index contributed by atoms with van der Waals surface area (Å²) in [5.74, 6) is 1.17. The van der Waals surface area contributed by atoms with Crippen LogP contribution in [0.5, 0.6) is 11.5 Å². The number of ether oxygens (including phenoxy) is 2. The van der Waals surface area contributed by atoms with Crippen molar-refractivity contribution in [1.29, 1.82) is 0 Å². The predicted molar refractivity (Wildman–Crippen MR) is 152 cm³/mol. The highest BCUT2D eigenvalue weighted by Crippen LogP contribution is 2.44. The number of amides is 1. The van der Waals surface area contributed by atoms with Gasteiger partial charge in [0, 0.05) is 24.0 Å². The number of aryl methyl sites for hydroxylation is 1. The van der Waals surface area contributed by atoms with Crippen LogP contribution in [0.15, 0.2) is 73.2 Å². The number of fused-ring (bicyclic) bond motifs is 1. The first kappa shape index (κ1) is 26.8. The molecule has 4 aromatic rings. The van der Waals surface area contributed by atoms with E-state index in [9.17, 15) is 9.90 Å². The highest BCUT2D eigenvalue weighted by molar-refractivity contribution is 6.30. The van der Waals surface area contributed by atoms with E-state index in [1.807, 2.05) is 81.6 Å². The molecule has 0 spiro atoms. The van der Waals surface area contributed by atoms with E-state index in [0.29, 0.717) is 33.5 Å². The first-order valence-corrected chi connectivity index (χ1v) is 13.2. The Morgan fingerprint density at radius 3 is 2.36 bits per heavy atom. The van der Waals surface area contributed by atoms with Crippen LogP contribution in [0, 0.1) is 0 Å². The molecule has 5 rings (SSSR count). The van der Waals surface area contributed by atoms with E-state index in [2.05, 4.69) is 4.98 Å². The molecule has 202 valence electrons. The van der Waals surface area contributed by atoms with Crippen LogP contribution in [0.25, 0.3) is 0 Å². The fraction of sp³-hybridized carbons (Fsp3) is 0.290. The third kappa shape index (κ3) is 5.12. The molecule has 8 heteroatoms. The number of nitrogens with zero attached hydrogens (tertiary/aromatic N) is 3. The Morgan fingerprint density at radius 1 is 1.08 bits per heavy atom. The summed E-state index contributed by atoms with van der Waals surface area (Å²) in [5, 5.41) is 11.9. The lowest BCUT2D eigenvalue weighted by Crippen LogP contribution is -2.41. The zero-order chi connectivity index (χ0) is 27.9. The monoisotopic (exact) mass is 545 g/mol. The molecule has 0 fully saturated rings. The zero-order valence-electron chi connectivity index (χ0n) is 22.7. The van der Waals surface area contributed by atoms with Crippen LogP contribution >= 0.6 is 11.6 Å². The lowest BCUT2D eigenvalue weighted by molar-refractivity contribution is -0.118. The molecule has 0 radical (unpaired) electrons. The van der Waals surface area contributed by atoms with E-state index in [4.69, 9.17) is 21.1 Å². The number of hydrogen-bond acceptors (Lipinski definition) is 5. The van der Waals surface area contributed by atoms with E-state index in [-0.39, 0.29) is 18.4 Å². The normalized spacial score (nSPS) is 16.7. The van der Waals surface area contributed by atoms with E-state index >= 15 is 0 Å². The fourth-order valence-corrected chi connectivity index (χ4v) is 5.21. The lowest BCUT2D eigenvalue weighted by atomic mass is 9.86. The predicted octanol–water partition coefficient (Wildman–Crippen LogP) is 5.80. The number of carbonyl (C=O) groups excluding carboxylic acids is 1. The maximum atomic E-state index is 13.7. The van der Waals surface area contributed by atoms with Gasteiger partial charge in [0.05, 0.1) is 37.7 Å². The molecule has 1 aromatic heterocycles. The second-order valence-electron chi connectivity index (χ2n) is 10.3. The van der Waals surface area contributed by atoms with Gasteiger partial charge in [0.2, 0.25) is 5.91 Å². The molecule has 7 nitrogen and oxygen atoms in total. The average Bonchev–Trinajstić information content (AvgIpc) is 3.35. The van der Waals surface area contributed by atoms with E-state index in [1.54, 1.807) is 36.0 Å². The number of halogens is 1. The summed E-state index contributed by atoms with van der Waals surface area (Å²) in [7, 11) is 3.46. The Hall–Kier alpha value is -3.81. The van der Waals surface area contributed by atoms with Crippen molar-refractivity contribution in [2.45, 2.75) is 44.9 Å². The van der Waals surface area contributed by atoms with Gasteiger partial charge in [-0.15, -0.1) is 0 Å². The molecule has 3 aromatic carbocycles. The van der Waals surface area contributed by atoms with Gasteiger partial charge in [0.15, 0.2) is 11.5 Å². The molecule has 39 heavy (non-hydrogen) atoms. The van der Waals surface area contributed by atoms with Gasteiger partial charge in [0.25, 0.3) is 0 Å². The van der Waals surface area contributed by atoms with Crippen molar-refractivity contribution in [2.24, 2.45) is 7.05 Å². The standard InChI is InChI=1S/C31H32ClN3O4/c1-19(2)39-27-16-25-21(14-26(27)38-5)15-29(36)35(30(25)20-6-10-23(32)11-7-20)24-12-8-22(9-13-24)31(3,37)28-17-34(4)18-33-28/h6-14,16-19,30,37H,15H2,1-5H3/t30?,31-/m0/s1. The summed E-state index contributed by atoms with van der Waals surface area (Å²) in [4.78, 5) is 19.9. The molecule has 1 aliphatic heterocycles. The van der Waals surface area contributed by atoms with Crippen LogP contribution in [0.4, 0.5) is 5.69 Å². The fourth-order valence-electron chi connectivity index (χ4n) is 5.09. The van der Waals surface area contributed by atoms with E-state index in [1.165, 1.54) is 0 Å². The molecular formula is C31H32ClN3O4. The van der Waals surface area contributed by atoms with Gasteiger partial charge in [-0.2, -0.15) is 0 Å². The number of anilines is 1.